The molecule has 0 spiro atoms. The van der Waals surface area contributed by atoms with Crippen molar-refractivity contribution in [3.05, 3.63) is 53.4 Å². The van der Waals surface area contributed by atoms with Gasteiger partial charge in [-0.1, -0.05) is 45.2 Å². The summed E-state index contributed by atoms with van der Waals surface area (Å²) in [5.74, 6) is 1.21. The average Bonchev–Trinajstić information content (AvgIpc) is 3.53. The zero-order chi connectivity index (χ0) is 31.2. The molecule has 45 heavy (non-hydrogen) atoms. The Morgan fingerprint density at radius 2 is 1.82 bits per heavy atom. The van der Waals surface area contributed by atoms with Gasteiger partial charge in [0.05, 0.1) is 12.3 Å². The van der Waals surface area contributed by atoms with Crippen LogP contribution in [0, 0.1) is 5.92 Å². The highest BCUT2D eigenvalue weighted by atomic mass is 32.1. The summed E-state index contributed by atoms with van der Waals surface area (Å²) in [6, 6.07) is 14.9. The van der Waals surface area contributed by atoms with Gasteiger partial charge in [-0.3, -0.25) is 14.6 Å². The van der Waals surface area contributed by atoms with E-state index in [9.17, 15) is 9.59 Å². The van der Waals surface area contributed by atoms with E-state index >= 15 is 0 Å². The number of thiophene rings is 1. The smallest absolute Gasteiger partial charge is 0.408 e. The minimum atomic E-state index is -0.464. The van der Waals surface area contributed by atoms with Gasteiger partial charge >= 0.3 is 6.09 Å². The van der Waals surface area contributed by atoms with Crippen LogP contribution in [0.3, 0.4) is 0 Å². The van der Waals surface area contributed by atoms with Crippen molar-refractivity contribution in [3.8, 4) is 5.75 Å². The first-order valence-electron chi connectivity index (χ1n) is 16.8. The van der Waals surface area contributed by atoms with Crippen LogP contribution in [0.1, 0.15) is 70.8 Å². The molecule has 2 aromatic carbocycles. The number of alkyl carbamates (subject to hydrolysis) is 1. The molecule has 242 valence electrons. The number of amides is 2. The van der Waals surface area contributed by atoms with Gasteiger partial charge in [0.25, 0.3) is 0 Å². The van der Waals surface area contributed by atoms with Crippen LogP contribution in [-0.4, -0.2) is 69.5 Å². The molecular weight excluding hydrogens is 584 g/mol. The Balaban J connectivity index is 0.957. The quantitative estimate of drug-likeness (QED) is 0.226. The summed E-state index contributed by atoms with van der Waals surface area (Å²) in [6.07, 6.45) is 7.99. The third-order valence-electron chi connectivity index (χ3n) is 9.79. The Labute approximate surface area is 271 Å². The van der Waals surface area contributed by atoms with Crippen molar-refractivity contribution in [2.45, 2.75) is 70.6 Å². The number of nitrogens with zero attached hydrogens (tertiary/aromatic N) is 3. The van der Waals surface area contributed by atoms with E-state index in [1.807, 2.05) is 23.5 Å². The molecule has 1 N–H and O–H groups in total. The molecule has 1 saturated carbocycles. The van der Waals surface area contributed by atoms with Crippen LogP contribution in [0.2, 0.25) is 0 Å². The second-order valence-corrected chi connectivity index (χ2v) is 14.4. The van der Waals surface area contributed by atoms with Gasteiger partial charge in [0, 0.05) is 66.4 Å². The van der Waals surface area contributed by atoms with Crippen LogP contribution in [0.4, 0.5) is 16.2 Å². The molecule has 2 aliphatic heterocycles. The van der Waals surface area contributed by atoms with E-state index in [4.69, 9.17) is 9.47 Å². The Kier molecular flexibility index (Phi) is 10.1. The first-order chi connectivity index (χ1) is 21.9. The van der Waals surface area contributed by atoms with E-state index in [0.29, 0.717) is 25.5 Å². The SMILES string of the molecule is CC1(C)CC(=O)N(COC(=O)NCC2CCCCC2)c2cc(OCCCCN3CCN(c4cccc5sccc45)CC3)ccc21. The normalized spacial score (nSPS) is 19.0. The second-order valence-electron chi connectivity index (χ2n) is 13.5. The summed E-state index contributed by atoms with van der Waals surface area (Å²) in [7, 11) is 0. The average molecular weight is 633 g/mol. The van der Waals surface area contributed by atoms with Gasteiger partial charge in [0.1, 0.15) is 5.75 Å². The van der Waals surface area contributed by atoms with Crippen LogP contribution < -0.4 is 19.9 Å². The molecule has 3 heterocycles. The third-order valence-corrected chi connectivity index (χ3v) is 10.7. The summed E-state index contributed by atoms with van der Waals surface area (Å²) < 4.78 is 13.1. The van der Waals surface area contributed by atoms with Crippen molar-refractivity contribution in [3.63, 3.8) is 0 Å². The maximum atomic E-state index is 13.2. The Morgan fingerprint density at radius 3 is 2.64 bits per heavy atom. The maximum absolute atomic E-state index is 13.2. The van der Waals surface area contributed by atoms with Gasteiger partial charge < -0.3 is 19.7 Å². The predicted molar refractivity (Wildman–Crippen MR) is 183 cm³/mol. The van der Waals surface area contributed by atoms with Gasteiger partial charge in [0.2, 0.25) is 5.91 Å². The molecule has 3 aromatic rings. The largest absolute Gasteiger partial charge is 0.494 e. The molecule has 2 amide bonds. The lowest BCUT2D eigenvalue weighted by molar-refractivity contribution is -0.120. The molecule has 1 aromatic heterocycles. The molecule has 6 rings (SSSR count). The highest BCUT2D eigenvalue weighted by molar-refractivity contribution is 7.17. The Hall–Kier alpha value is -3.30. The highest BCUT2D eigenvalue weighted by Gasteiger charge is 2.37. The summed E-state index contributed by atoms with van der Waals surface area (Å²) in [5.41, 5.74) is 2.89. The summed E-state index contributed by atoms with van der Waals surface area (Å²) >= 11 is 1.81. The summed E-state index contributed by atoms with van der Waals surface area (Å²) in [6.45, 7) is 10.7. The van der Waals surface area contributed by atoms with Gasteiger partial charge in [0.15, 0.2) is 6.73 Å². The number of hydrogen-bond acceptors (Lipinski definition) is 7. The highest BCUT2D eigenvalue weighted by Crippen LogP contribution is 2.42. The first kappa shape index (κ1) is 31.7. The third kappa shape index (κ3) is 7.75. The number of fused-ring (bicyclic) bond motifs is 2. The van der Waals surface area contributed by atoms with Crippen LogP contribution >= 0.6 is 11.3 Å². The Bertz CT molecular complexity index is 1460. The van der Waals surface area contributed by atoms with Crippen LogP contribution in [-0.2, 0) is 14.9 Å². The summed E-state index contributed by atoms with van der Waals surface area (Å²) in [4.78, 5) is 32.3. The van der Waals surface area contributed by atoms with Gasteiger partial charge in [-0.2, -0.15) is 0 Å². The van der Waals surface area contributed by atoms with Gasteiger partial charge in [-0.25, -0.2) is 4.79 Å². The molecule has 0 unspecified atom stereocenters. The summed E-state index contributed by atoms with van der Waals surface area (Å²) in [5, 5.41) is 6.46. The van der Waals surface area contributed by atoms with Crippen molar-refractivity contribution in [2.24, 2.45) is 5.92 Å². The number of anilines is 2. The zero-order valence-corrected chi connectivity index (χ0v) is 27.7. The number of carbonyl (C=O) groups is 2. The molecule has 0 atom stereocenters. The molecule has 3 aliphatic rings. The fourth-order valence-electron chi connectivity index (χ4n) is 7.13. The molecule has 9 heteroatoms. The van der Waals surface area contributed by atoms with Crippen molar-refractivity contribution in [1.29, 1.82) is 0 Å². The first-order valence-corrected chi connectivity index (χ1v) is 17.7. The molecule has 2 fully saturated rings. The van der Waals surface area contributed by atoms with E-state index in [-0.39, 0.29) is 18.1 Å². The van der Waals surface area contributed by atoms with Gasteiger partial charge in [-0.15, -0.1) is 11.3 Å². The minimum Gasteiger partial charge on any atom is -0.494 e. The van der Waals surface area contributed by atoms with Crippen molar-refractivity contribution >= 4 is 44.8 Å². The van der Waals surface area contributed by atoms with E-state index < -0.39 is 6.09 Å². The fraction of sp³-hybridized carbons (Fsp3) is 0.556. The van der Waals surface area contributed by atoms with Crippen molar-refractivity contribution < 1.29 is 19.1 Å². The number of carbonyl (C=O) groups excluding carboxylic acids is 2. The molecule has 1 saturated heterocycles. The molecular formula is C36H48N4O4S. The fourth-order valence-corrected chi connectivity index (χ4v) is 7.94. The van der Waals surface area contributed by atoms with E-state index in [0.717, 1.165) is 75.4 Å². The predicted octanol–water partition coefficient (Wildman–Crippen LogP) is 7.16. The second kappa shape index (κ2) is 14.4. The van der Waals surface area contributed by atoms with Gasteiger partial charge in [-0.05, 0) is 73.4 Å². The lowest BCUT2D eigenvalue weighted by atomic mass is 9.77. The lowest BCUT2D eigenvalue weighted by Crippen LogP contribution is -2.46. The number of ether oxygens (including phenoxy) is 2. The lowest BCUT2D eigenvalue weighted by Gasteiger charge is -2.38. The number of unbranched alkanes of at least 4 members (excludes halogenated alkanes) is 1. The maximum Gasteiger partial charge on any atom is 0.408 e. The number of nitrogens with one attached hydrogen (secondary N) is 1. The van der Waals surface area contributed by atoms with Crippen molar-refractivity contribution in [1.82, 2.24) is 10.2 Å². The molecule has 0 radical (unpaired) electrons. The van der Waals surface area contributed by atoms with Crippen LogP contribution in [0.5, 0.6) is 5.75 Å². The Morgan fingerprint density at radius 1 is 1.00 bits per heavy atom. The number of benzene rings is 2. The molecule has 0 bridgehead atoms. The van der Waals surface area contributed by atoms with Crippen LogP contribution in [0.15, 0.2) is 47.8 Å². The van der Waals surface area contributed by atoms with E-state index in [2.05, 4.69) is 64.7 Å². The number of hydrogen-bond donors (Lipinski definition) is 1. The van der Waals surface area contributed by atoms with E-state index in [1.54, 1.807) is 4.90 Å². The standard InChI is InChI=1S/C36H48N4O4S/c1-36(2)24-34(41)40(26-44-35(42)37-25-27-9-4-3-5-10-27)32-23-28(13-14-30(32)36)43-21-7-6-16-38-17-19-39(20-18-38)31-11-8-12-33-29(31)15-22-45-33/h8,11-15,22-23,27H,3-7,9-10,16-21,24-26H2,1-2H3,(H,37,42). The monoisotopic (exact) mass is 632 g/mol. The topological polar surface area (TPSA) is 74.3 Å². The van der Waals surface area contributed by atoms with Crippen LogP contribution in [0.25, 0.3) is 10.1 Å². The molecule has 8 nitrogen and oxygen atoms in total. The molecule has 1 aliphatic carbocycles. The van der Waals surface area contributed by atoms with E-state index in [1.165, 1.54) is 35.0 Å². The zero-order valence-electron chi connectivity index (χ0n) is 26.9. The van der Waals surface area contributed by atoms with Crippen molar-refractivity contribution in [2.75, 3.05) is 62.4 Å². The number of rotatable bonds is 11. The minimum absolute atomic E-state index is 0.0446. The number of piperazine rings is 1.